The van der Waals surface area contributed by atoms with Gasteiger partial charge in [0.15, 0.2) is 0 Å². The average molecular weight is 229 g/mol. The SMILES string of the molecule is Cc1ccc(=O)n(OC(C)c2ccccc2)c1. The molecule has 0 spiro atoms. The van der Waals surface area contributed by atoms with E-state index >= 15 is 0 Å². The second-order valence-electron chi connectivity index (χ2n) is 4.03. The molecule has 2 aromatic rings. The first kappa shape index (κ1) is 11.5. The third-order valence-corrected chi connectivity index (χ3v) is 2.57. The standard InChI is InChI=1S/C14H15NO2/c1-11-8-9-14(16)15(10-11)17-12(2)13-6-4-3-5-7-13/h3-10,12H,1-2H3. The van der Waals surface area contributed by atoms with E-state index in [4.69, 9.17) is 4.84 Å². The topological polar surface area (TPSA) is 31.2 Å². The first-order chi connectivity index (χ1) is 8.16. The fourth-order valence-electron chi connectivity index (χ4n) is 1.61. The van der Waals surface area contributed by atoms with Gasteiger partial charge in [0.05, 0.1) is 6.20 Å². The number of rotatable bonds is 3. The van der Waals surface area contributed by atoms with Gasteiger partial charge in [0, 0.05) is 6.07 Å². The highest BCUT2D eigenvalue weighted by molar-refractivity contribution is 5.17. The molecule has 88 valence electrons. The van der Waals surface area contributed by atoms with Crippen LogP contribution in [0.2, 0.25) is 0 Å². The average Bonchev–Trinajstić information content (AvgIpc) is 2.35. The van der Waals surface area contributed by atoms with Crippen LogP contribution in [0.15, 0.2) is 53.5 Å². The first-order valence-corrected chi connectivity index (χ1v) is 5.58. The second kappa shape index (κ2) is 4.87. The van der Waals surface area contributed by atoms with Crippen LogP contribution in [0.4, 0.5) is 0 Å². The Morgan fingerprint density at radius 3 is 2.53 bits per heavy atom. The molecule has 1 aromatic carbocycles. The van der Waals surface area contributed by atoms with Gasteiger partial charge in [-0.1, -0.05) is 36.4 Å². The number of aryl methyl sites for hydroxylation is 1. The maximum atomic E-state index is 11.6. The number of pyridine rings is 1. The summed E-state index contributed by atoms with van der Waals surface area (Å²) in [6.07, 6.45) is 1.54. The fraction of sp³-hybridized carbons (Fsp3) is 0.214. The summed E-state index contributed by atoms with van der Waals surface area (Å²) in [5.41, 5.74) is 1.88. The van der Waals surface area contributed by atoms with Crippen molar-refractivity contribution in [3.63, 3.8) is 0 Å². The van der Waals surface area contributed by atoms with Gasteiger partial charge in [0.2, 0.25) is 0 Å². The normalized spacial score (nSPS) is 12.1. The summed E-state index contributed by atoms with van der Waals surface area (Å²) < 4.78 is 1.28. The molecule has 1 aromatic heterocycles. The zero-order valence-electron chi connectivity index (χ0n) is 9.96. The minimum absolute atomic E-state index is 0.154. The highest BCUT2D eigenvalue weighted by atomic mass is 16.7. The minimum Gasteiger partial charge on any atom is -0.403 e. The van der Waals surface area contributed by atoms with Gasteiger partial charge in [0.1, 0.15) is 6.10 Å². The van der Waals surface area contributed by atoms with Crippen molar-refractivity contribution in [2.75, 3.05) is 0 Å². The smallest absolute Gasteiger partial charge is 0.282 e. The van der Waals surface area contributed by atoms with Crippen LogP contribution >= 0.6 is 0 Å². The van der Waals surface area contributed by atoms with Crippen molar-refractivity contribution in [2.24, 2.45) is 0 Å². The number of nitrogens with zero attached hydrogens (tertiary/aromatic N) is 1. The minimum atomic E-state index is -0.157. The van der Waals surface area contributed by atoms with E-state index in [0.717, 1.165) is 11.1 Å². The van der Waals surface area contributed by atoms with Crippen molar-refractivity contribution in [2.45, 2.75) is 20.0 Å². The van der Waals surface area contributed by atoms with Crippen LogP contribution in [0.1, 0.15) is 24.2 Å². The molecule has 1 heterocycles. The third kappa shape index (κ3) is 2.75. The fourth-order valence-corrected chi connectivity index (χ4v) is 1.61. The van der Waals surface area contributed by atoms with E-state index in [1.54, 1.807) is 12.3 Å². The van der Waals surface area contributed by atoms with Gasteiger partial charge in [0.25, 0.3) is 5.56 Å². The van der Waals surface area contributed by atoms with Crippen molar-refractivity contribution < 1.29 is 4.84 Å². The lowest BCUT2D eigenvalue weighted by Gasteiger charge is -2.16. The van der Waals surface area contributed by atoms with Crippen LogP contribution in [0.3, 0.4) is 0 Å². The molecule has 3 heteroatoms. The Hall–Kier alpha value is -2.03. The molecule has 3 nitrogen and oxygen atoms in total. The number of aromatic nitrogens is 1. The molecule has 0 aliphatic carbocycles. The van der Waals surface area contributed by atoms with E-state index in [1.807, 2.05) is 44.2 Å². The number of benzene rings is 1. The molecule has 0 aliphatic rings. The molecule has 1 unspecified atom stereocenters. The number of hydrogen-bond acceptors (Lipinski definition) is 2. The lowest BCUT2D eigenvalue weighted by Crippen LogP contribution is -2.27. The Kier molecular flexibility index (Phi) is 3.28. The van der Waals surface area contributed by atoms with Gasteiger partial charge in [-0.2, -0.15) is 4.73 Å². The Balaban J connectivity index is 2.21. The maximum absolute atomic E-state index is 11.6. The van der Waals surface area contributed by atoms with Gasteiger partial charge < -0.3 is 4.84 Å². The number of hydrogen-bond donors (Lipinski definition) is 0. The molecule has 0 fully saturated rings. The van der Waals surface area contributed by atoms with Gasteiger partial charge in [-0.3, -0.25) is 4.79 Å². The van der Waals surface area contributed by atoms with Gasteiger partial charge in [-0.05, 0) is 25.0 Å². The van der Waals surface area contributed by atoms with E-state index in [9.17, 15) is 4.79 Å². The van der Waals surface area contributed by atoms with Crippen molar-refractivity contribution in [1.82, 2.24) is 4.73 Å². The lowest BCUT2D eigenvalue weighted by atomic mass is 10.1. The highest BCUT2D eigenvalue weighted by Gasteiger charge is 2.07. The van der Waals surface area contributed by atoms with Gasteiger partial charge in [-0.15, -0.1) is 0 Å². The Morgan fingerprint density at radius 1 is 1.12 bits per heavy atom. The summed E-state index contributed by atoms with van der Waals surface area (Å²) in [5, 5.41) is 0. The Bertz CT molecular complexity index is 546. The van der Waals surface area contributed by atoms with Crippen molar-refractivity contribution in [3.05, 3.63) is 70.1 Å². The summed E-state index contributed by atoms with van der Waals surface area (Å²) in [6, 6.07) is 13.1. The molecule has 0 N–H and O–H groups in total. The van der Waals surface area contributed by atoms with Crippen molar-refractivity contribution in [1.29, 1.82) is 0 Å². The van der Waals surface area contributed by atoms with E-state index in [0.29, 0.717) is 0 Å². The molecule has 0 radical (unpaired) electrons. The van der Waals surface area contributed by atoms with Crippen LogP contribution in [-0.2, 0) is 0 Å². The molecular formula is C14H15NO2. The van der Waals surface area contributed by atoms with Crippen LogP contribution < -0.4 is 10.4 Å². The largest absolute Gasteiger partial charge is 0.403 e. The van der Waals surface area contributed by atoms with Crippen molar-refractivity contribution in [3.8, 4) is 0 Å². The molecule has 1 atom stereocenters. The quantitative estimate of drug-likeness (QED) is 0.809. The lowest BCUT2D eigenvalue weighted by molar-refractivity contribution is 0.0405. The van der Waals surface area contributed by atoms with Crippen LogP contribution in [-0.4, -0.2) is 4.73 Å². The first-order valence-electron chi connectivity index (χ1n) is 5.58. The van der Waals surface area contributed by atoms with Crippen molar-refractivity contribution >= 4 is 0 Å². The summed E-state index contributed by atoms with van der Waals surface area (Å²) >= 11 is 0. The molecule has 0 saturated heterocycles. The van der Waals surface area contributed by atoms with E-state index < -0.39 is 0 Å². The Labute approximate surface area is 100 Å². The molecule has 0 aliphatic heterocycles. The zero-order valence-corrected chi connectivity index (χ0v) is 9.96. The molecular weight excluding hydrogens is 214 g/mol. The summed E-state index contributed by atoms with van der Waals surface area (Å²) in [6.45, 7) is 3.84. The molecule has 17 heavy (non-hydrogen) atoms. The van der Waals surface area contributed by atoms with Crippen LogP contribution in [0.5, 0.6) is 0 Å². The highest BCUT2D eigenvalue weighted by Crippen LogP contribution is 2.12. The predicted molar refractivity (Wildman–Crippen MR) is 66.9 cm³/mol. The molecule has 2 rings (SSSR count). The summed E-state index contributed by atoms with van der Waals surface area (Å²) in [5.74, 6) is 0. The zero-order chi connectivity index (χ0) is 12.3. The summed E-state index contributed by atoms with van der Waals surface area (Å²) in [7, 11) is 0. The molecule has 0 amide bonds. The summed E-state index contributed by atoms with van der Waals surface area (Å²) in [4.78, 5) is 17.2. The van der Waals surface area contributed by atoms with Crippen LogP contribution in [0, 0.1) is 6.92 Å². The van der Waals surface area contributed by atoms with Crippen LogP contribution in [0.25, 0.3) is 0 Å². The van der Waals surface area contributed by atoms with Gasteiger partial charge in [-0.25, -0.2) is 0 Å². The maximum Gasteiger partial charge on any atom is 0.282 e. The van der Waals surface area contributed by atoms with E-state index in [2.05, 4.69) is 0 Å². The molecule has 0 saturated carbocycles. The second-order valence-corrected chi connectivity index (χ2v) is 4.03. The van der Waals surface area contributed by atoms with E-state index in [-0.39, 0.29) is 11.7 Å². The monoisotopic (exact) mass is 229 g/mol. The Morgan fingerprint density at radius 2 is 1.82 bits per heavy atom. The van der Waals surface area contributed by atoms with Gasteiger partial charge >= 0.3 is 0 Å². The molecule has 0 bridgehead atoms. The third-order valence-electron chi connectivity index (χ3n) is 2.57. The predicted octanol–water partition coefficient (Wildman–Crippen LogP) is 2.35. The van der Waals surface area contributed by atoms with E-state index in [1.165, 1.54) is 10.8 Å².